The molecule has 16 heteroatoms. The summed E-state index contributed by atoms with van der Waals surface area (Å²) in [4.78, 5) is 39.0. The fraction of sp³-hybridized carbons (Fsp3) is 0.556. The lowest BCUT2D eigenvalue weighted by Crippen LogP contribution is -2.50. The Hall–Kier alpha value is -3.85. The van der Waals surface area contributed by atoms with Gasteiger partial charge in [-0.15, -0.1) is 13.2 Å². The maximum Gasteiger partial charge on any atom is 0.573 e. The Balaban J connectivity index is 1.62. The van der Waals surface area contributed by atoms with E-state index in [0.29, 0.717) is 18.7 Å². The van der Waals surface area contributed by atoms with E-state index < -0.39 is 71.6 Å². The number of rotatable bonds is 12. The molecule has 2 saturated carbocycles. The monoisotopic (exact) mass is 621 g/mol. The highest BCUT2D eigenvalue weighted by Gasteiger charge is 2.48. The minimum Gasteiger partial charge on any atom is -0.405 e. The summed E-state index contributed by atoms with van der Waals surface area (Å²) in [6.45, 7) is 1.36. The van der Waals surface area contributed by atoms with Gasteiger partial charge in [0, 0.05) is 24.4 Å². The van der Waals surface area contributed by atoms with Crippen molar-refractivity contribution in [3.8, 4) is 5.75 Å². The third-order valence-electron chi connectivity index (χ3n) is 7.44. The molecule has 2 atom stereocenters. The number of halogens is 7. The molecule has 0 spiro atoms. The smallest absolute Gasteiger partial charge is 0.405 e. The Morgan fingerprint density at radius 3 is 2.21 bits per heavy atom. The lowest BCUT2D eigenvalue weighted by Gasteiger charge is -2.28. The van der Waals surface area contributed by atoms with Gasteiger partial charge in [0.1, 0.15) is 29.8 Å². The molecular weight excluding hydrogens is 591 g/mol. The van der Waals surface area contributed by atoms with E-state index in [4.69, 9.17) is 0 Å². The van der Waals surface area contributed by atoms with Gasteiger partial charge >= 0.3 is 12.5 Å². The molecule has 0 bridgehead atoms. The first kappa shape index (κ1) is 32.1. The number of carbonyl (C=O) groups excluding carboxylic acids is 3. The van der Waals surface area contributed by atoms with Gasteiger partial charge in [0.2, 0.25) is 11.8 Å². The van der Waals surface area contributed by atoms with E-state index in [-0.39, 0.29) is 23.4 Å². The number of anilines is 1. The van der Waals surface area contributed by atoms with Crippen LogP contribution in [0.5, 0.6) is 5.75 Å². The Bertz CT molecular complexity index is 1340. The normalized spacial score (nSPS) is 16.9. The van der Waals surface area contributed by atoms with Crippen LogP contribution in [0.2, 0.25) is 0 Å². The van der Waals surface area contributed by atoms with Gasteiger partial charge in [-0.05, 0) is 69.4 Å². The van der Waals surface area contributed by atoms with Crippen LogP contribution in [0.25, 0.3) is 0 Å². The number of hydrogen-bond donors (Lipinski definition) is 3. The summed E-state index contributed by atoms with van der Waals surface area (Å²) in [5.41, 5.74) is -1.25. The van der Waals surface area contributed by atoms with Gasteiger partial charge in [0.25, 0.3) is 5.91 Å². The molecule has 2 aliphatic rings. The minimum atomic E-state index is -5.32. The number of alkyl halides is 6. The van der Waals surface area contributed by atoms with Gasteiger partial charge < -0.3 is 20.7 Å². The van der Waals surface area contributed by atoms with E-state index in [1.807, 2.05) is 0 Å². The lowest BCUT2D eigenvalue weighted by atomic mass is 9.88. The van der Waals surface area contributed by atoms with Gasteiger partial charge in [-0.1, -0.05) is 0 Å². The van der Waals surface area contributed by atoms with E-state index >= 15 is 4.39 Å². The highest BCUT2D eigenvalue weighted by Crippen LogP contribution is 2.51. The van der Waals surface area contributed by atoms with Crippen molar-refractivity contribution in [3.63, 3.8) is 0 Å². The van der Waals surface area contributed by atoms with Crippen LogP contribution in [0.4, 0.5) is 36.4 Å². The number of nitrogens with zero attached hydrogens (tertiary/aromatic N) is 2. The zero-order valence-corrected chi connectivity index (χ0v) is 23.1. The van der Waals surface area contributed by atoms with Crippen LogP contribution in [0, 0.1) is 23.6 Å². The molecule has 3 amide bonds. The molecule has 1 unspecified atom stereocenters. The average Bonchev–Trinajstić information content (AvgIpc) is 3.86. The van der Waals surface area contributed by atoms with Crippen LogP contribution in [0.3, 0.4) is 0 Å². The predicted molar refractivity (Wildman–Crippen MR) is 137 cm³/mol. The molecule has 2 aromatic rings. The molecule has 9 nitrogen and oxygen atoms in total. The van der Waals surface area contributed by atoms with Crippen molar-refractivity contribution in [2.24, 2.45) is 17.8 Å². The molecule has 2 fully saturated rings. The number of amides is 3. The molecule has 4 rings (SSSR count). The summed E-state index contributed by atoms with van der Waals surface area (Å²) < 4.78 is 98.0. The molecule has 1 aromatic heterocycles. The Morgan fingerprint density at radius 1 is 1.05 bits per heavy atom. The largest absolute Gasteiger partial charge is 0.573 e. The summed E-state index contributed by atoms with van der Waals surface area (Å²) in [5.74, 6) is -6.92. The molecule has 43 heavy (non-hydrogen) atoms. The zero-order chi connectivity index (χ0) is 31.7. The minimum absolute atomic E-state index is 0.118. The number of hydrogen-bond acceptors (Lipinski definition) is 5. The third-order valence-corrected chi connectivity index (χ3v) is 7.44. The molecule has 236 valence electrons. The first-order valence-corrected chi connectivity index (χ1v) is 13.6. The van der Waals surface area contributed by atoms with Gasteiger partial charge in [0.15, 0.2) is 0 Å². The van der Waals surface area contributed by atoms with E-state index in [0.717, 1.165) is 32.6 Å². The summed E-state index contributed by atoms with van der Waals surface area (Å²) in [5, 5.41) is 10.5. The highest BCUT2D eigenvalue weighted by molar-refractivity contribution is 6.01. The van der Waals surface area contributed by atoms with E-state index in [1.165, 1.54) is 22.3 Å². The fourth-order valence-electron chi connectivity index (χ4n) is 5.13. The maximum atomic E-state index is 15.3. The topological polar surface area (TPSA) is 114 Å². The Kier molecular flexibility index (Phi) is 9.25. The lowest BCUT2D eigenvalue weighted by molar-refractivity contribution is -0.275. The van der Waals surface area contributed by atoms with Crippen molar-refractivity contribution in [1.82, 2.24) is 20.4 Å². The number of benzene rings is 1. The Labute approximate surface area is 241 Å². The van der Waals surface area contributed by atoms with E-state index in [2.05, 4.69) is 20.5 Å². The fourth-order valence-corrected chi connectivity index (χ4v) is 5.13. The summed E-state index contributed by atoms with van der Waals surface area (Å²) in [7, 11) is 0. The van der Waals surface area contributed by atoms with Crippen LogP contribution < -0.4 is 20.7 Å². The van der Waals surface area contributed by atoms with E-state index in [9.17, 15) is 40.7 Å². The van der Waals surface area contributed by atoms with E-state index in [1.54, 1.807) is 6.92 Å². The SMILES string of the molecule is CCn1nccc1C(=O)N[C@H](C(=O)Nc1cc(OC(F)(F)F)c(C(C)C(=O)NCC(F)(F)F)cc1F)C(C1CC1)C1CC1. The van der Waals surface area contributed by atoms with Crippen LogP contribution in [-0.2, 0) is 16.1 Å². The number of aryl methyl sites for hydroxylation is 1. The van der Waals surface area contributed by atoms with Crippen molar-refractivity contribution in [2.45, 2.75) is 70.6 Å². The highest BCUT2D eigenvalue weighted by atomic mass is 19.4. The maximum absolute atomic E-state index is 15.3. The first-order chi connectivity index (χ1) is 20.1. The molecular formula is C27H30F7N5O4. The zero-order valence-electron chi connectivity index (χ0n) is 23.1. The molecule has 1 heterocycles. The quantitative estimate of drug-likeness (QED) is 0.292. The van der Waals surface area contributed by atoms with Crippen molar-refractivity contribution in [3.05, 3.63) is 41.5 Å². The third kappa shape index (κ3) is 8.38. The summed E-state index contributed by atoms with van der Waals surface area (Å²) in [6.07, 6.45) is -5.44. The molecule has 2 aliphatic carbocycles. The average molecular weight is 622 g/mol. The van der Waals surface area contributed by atoms with Crippen LogP contribution in [0.15, 0.2) is 24.4 Å². The number of ether oxygens (including phenoxy) is 1. The van der Waals surface area contributed by atoms with Gasteiger partial charge in [-0.3, -0.25) is 19.1 Å². The van der Waals surface area contributed by atoms with Crippen molar-refractivity contribution < 1.29 is 49.9 Å². The number of nitrogens with one attached hydrogen (secondary N) is 3. The molecule has 0 aliphatic heterocycles. The van der Waals surface area contributed by atoms with Crippen molar-refractivity contribution >= 4 is 23.4 Å². The molecule has 3 N–H and O–H groups in total. The molecule has 0 saturated heterocycles. The van der Waals surface area contributed by atoms with Gasteiger partial charge in [-0.25, -0.2) is 4.39 Å². The second-order valence-corrected chi connectivity index (χ2v) is 10.7. The second kappa shape index (κ2) is 12.4. The summed E-state index contributed by atoms with van der Waals surface area (Å²) in [6, 6.07) is 1.30. The Morgan fingerprint density at radius 2 is 1.67 bits per heavy atom. The molecule has 0 radical (unpaired) electrons. The van der Waals surface area contributed by atoms with Crippen molar-refractivity contribution in [1.29, 1.82) is 0 Å². The van der Waals surface area contributed by atoms with Crippen LogP contribution >= 0.6 is 0 Å². The van der Waals surface area contributed by atoms with Crippen LogP contribution in [-0.4, -0.2) is 52.6 Å². The second-order valence-electron chi connectivity index (χ2n) is 10.7. The van der Waals surface area contributed by atoms with Gasteiger partial charge in [0.05, 0.1) is 11.6 Å². The number of carbonyl (C=O) groups is 3. The number of aromatic nitrogens is 2. The van der Waals surface area contributed by atoms with Crippen LogP contribution in [0.1, 0.15) is 61.5 Å². The van der Waals surface area contributed by atoms with Gasteiger partial charge in [-0.2, -0.15) is 18.3 Å². The standard InChI is InChI=1S/C27H30F7N5O4/c1-3-39-19(8-9-36-39)24(41)38-22(21(14-4-5-14)15-6-7-15)25(42)37-18-11-20(43-27(32,33)34)16(10-17(18)28)13(2)23(40)35-12-26(29,30)31/h8-11,13-15,21-22H,3-7,12H2,1-2H3,(H,35,40)(H,37,42)(H,38,41)/t13?,22-/m0/s1. The predicted octanol–water partition coefficient (Wildman–Crippen LogP) is 4.90. The first-order valence-electron chi connectivity index (χ1n) is 13.6. The summed E-state index contributed by atoms with van der Waals surface area (Å²) >= 11 is 0. The molecule has 1 aromatic carbocycles. The van der Waals surface area contributed by atoms with Crippen molar-refractivity contribution in [2.75, 3.05) is 11.9 Å².